The van der Waals surface area contributed by atoms with E-state index in [-0.39, 0.29) is 11.9 Å². The van der Waals surface area contributed by atoms with Crippen LogP contribution < -0.4 is 5.32 Å². The Labute approximate surface area is 185 Å². The lowest BCUT2D eigenvalue weighted by Gasteiger charge is -2.38. The molecule has 1 aliphatic heterocycles. The number of aromatic nitrogens is 1. The fourth-order valence-electron chi connectivity index (χ4n) is 3.80. The van der Waals surface area contributed by atoms with Crippen LogP contribution in [0.25, 0.3) is 11.3 Å². The molecule has 1 aromatic heterocycles. The second kappa shape index (κ2) is 10.1. The van der Waals surface area contributed by atoms with E-state index in [9.17, 15) is 9.59 Å². The van der Waals surface area contributed by atoms with Crippen LogP contribution in [0.5, 0.6) is 0 Å². The number of alkyl carbamates (subject to hydrolysis) is 1. The number of rotatable bonds is 6. The molecule has 2 aromatic rings. The fourth-order valence-corrected chi connectivity index (χ4v) is 4.07. The zero-order valence-corrected chi connectivity index (χ0v) is 19.1. The van der Waals surface area contributed by atoms with Gasteiger partial charge in [0.15, 0.2) is 0 Å². The van der Waals surface area contributed by atoms with Crippen molar-refractivity contribution in [3.8, 4) is 11.3 Å². The lowest BCUT2D eigenvalue weighted by molar-refractivity contribution is -0.140. The first-order chi connectivity index (χ1) is 14.4. The number of methoxy groups -OCH3 is 2. The third-order valence-corrected chi connectivity index (χ3v) is 6.10. The first-order valence-corrected chi connectivity index (χ1v) is 10.9. The maximum Gasteiger partial charge on any atom is 0.407 e. The van der Waals surface area contributed by atoms with Gasteiger partial charge >= 0.3 is 6.09 Å². The van der Waals surface area contributed by atoms with Crippen molar-refractivity contribution < 1.29 is 19.1 Å². The summed E-state index contributed by atoms with van der Waals surface area (Å²) >= 11 is 3.46. The molecule has 30 heavy (non-hydrogen) atoms. The molecule has 1 fully saturated rings. The summed E-state index contributed by atoms with van der Waals surface area (Å²) < 4.78 is 11.1. The second-order valence-electron chi connectivity index (χ2n) is 7.43. The molecule has 1 aliphatic rings. The van der Waals surface area contributed by atoms with Gasteiger partial charge in [-0.2, -0.15) is 0 Å². The summed E-state index contributed by atoms with van der Waals surface area (Å²) in [6, 6.07) is 11.3. The van der Waals surface area contributed by atoms with Gasteiger partial charge in [-0.15, -0.1) is 0 Å². The first kappa shape index (κ1) is 22.4. The topological polar surface area (TPSA) is 83.7 Å². The van der Waals surface area contributed by atoms with Gasteiger partial charge in [0.25, 0.3) is 0 Å². The predicted molar refractivity (Wildman–Crippen MR) is 118 cm³/mol. The highest BCUT2D eigenvalue weighted by molar-refractivity contribution is 9.10. The van der Waals surface area contributed by atoms with Gasteiger partial charge in [0, 0.05) is 29.5 Å². The standard InChI is InChI=1S/C22H28BrN3O4/c1-14(29-2)20(25-22(28)30-3)21(27)26-13-5-4-6-19(26)18-12-11-17(24-18)15-7-9-16(23)10-8-15/h7-12,14,19-20,24H,4-6,13H2,1-3H3,(H,25,28)/t14-,19+,20+/m1/s1. The summed E-state index contributed by atoms with van der Waals surface area (Å²) in [6.07, 6.45) is 1.69. The number of piperidine rings is 1. The lowest BCUT2D eigenvalue weighted by atomic mass is 9.97. The molecule has 2 amide bonds. The Morgan fingerprint density at radius 3 is 2.57 bits per heavy atom. The molecule has 162 valence electrons. The number of hydrogen-bond donors (Lipinski definition) is 2. The van der Waals surface area contributed by atoms with Crippen LogP contribution in [0.15, 0.2) is 40.9 Å². The Balaban J connectivity index is 1.84. The van der Waals surface area contributed by atoms with E-state index in [0.717, 1.165) is 40.7 Å². The number of carbonyl (C=O) groups excluding carboxylic acids is 2. The molecule has 8 heteroatoms. The number of benzene rings is 1. The van der Waals surface area contributed by atoms with Crippen LogP contribution in [0, 0.1) is 0 Å². The van der Waals surface area contributed by atoms with Crippen molar-refractivity contribution in [1.29, 1.82) is 0 Å². The zero-order valence-electron chi connectivity index (χ0n) is 17.5. The van der Waals surface area contributed by atoms with Crippen LogP contribution in [0.2, 0.25) is 0 Å². The smallest absolute Gasteiger partial charge is 0.407 e. The summed E-state index contributed by atoms with van der Waals surface area (Å²) in [5, 5.41) is 2.63. The molecular formula is C22H28BrN3O4. The van der Waals surface area contributed by atoms with Gasteiger partial charge in [-0.3, -0.25) is 4.79 Å². The van der Waals surface area contributed by atoms with Gasteiger partial charge in [-0.05, 0) is 56.0 Å². The van der Waals surface area contributed by atoms with E-state index >= 15 is 0 Å². The maximum absolute atomic E-state index is 13.4. The molecular weight excluding hydrogens is 450 g/mol. The molecule has 0 unspecified atom stereocenters. The highest BCUT2D eigenvalue weighted by Gasteiger charge is 2.36. The Kier molecular flexibility index (Phi) is 7.55. The molecule has 0 spiro atoms. The van der Waals surface area contributed by atoms with Gasteiger partial charge in [-0.25, -0.2) is 4.79 Å². The van der Waals surface area contributed by atoms with Crippen LogP contribution in [0.3, 0.4) is 0 Å². The minimum absolute atomic E-state index is 0.0820. The molecule has 0 radical (unpaired) electrons. The van der Waals surface area contributed by atoms with E-state index in [4.69, 9.17) is 9.47 Å². The number of likely N-dealkylation sites (tertiary alicyclic amines) is 1. The largest absolute Gasteiger partial charge is 0.453 e. The number of nitrogens with zero attached hydrogens (tertiary/aromatic N) is 1. The maximum atomic E-state index is 13.4. The van der Waals surface area contributed by atoms with Crippen LogP contribution in [0.4, 0.5) is 4.79 Å². The molecule has 1 saturated heterocycles. The van der Waals surface area contributed by atoms with Gasteiger partial charge in [-0.1, -0.05) is 28.1 Å². The molecule has 0 bridgehead atoms. The number of H-pyrrole nitrogens is 1. The molecule has 7 nitrogen and oxygen atoms in total. The third-order valence-electron chi connectivity index (χ3n) is 5.57. The van der Waals surface area contributed by atoms with E-state index in [0.29, 0.717) is 6.54 Å². The molecule has 3 rings (SSSR count). The number of carbonyl (C=O) groups is 2. The molecule has 2 heterocycles. The average molecular weight is 478 g/mol. The number of ether oxygens (including phenoxy) is 2. The molecule has 1 aromatic carbocycles. The Morgan fingerprint density at radius 1 is 1.17 bits per heavy atom. The van der Waals surface area contributed by atoms with Crippen molar-refractivity contribution >= 4 is 27.9 Å². The van der Waals surface area contributed by atoms with Crippen LogP contribution >= 0.6 is 15.9 Å². The minimum Gasteiger partial charge on any atom is -0.453 e. The van der Waals surface area contributed by atoms with Gasteiger partial charge in [0.05, 0.1) is 19.3 Å². The molecule has 0 aliphatic carbocycles. The molecule has 0 saturated carbocycles. The van der Waals surface area contributed by atoms with Crippen LogP contribution in [0.1, 0.15) is 37.9 Å². The summed E-state index contributed by atoms with van der Waals surface area (Å²) in [5.41, 5.74) is 3.07. The fraction of sp³-hybridized carbons (Fsp3) is 0.455. The van der Waals surface area contributed by atoms with Crippen molar-refractivity contribution in [3.05, 3.63) is 46.6 Å². The van der Waals surface area contributed by atoms with E-state index in [1.807, 2.05) is 41.3 Å². The number of hydrogen-bond acceptors (Lipinski definition) is 4. The molecule has 2 N–H and O–H groups in total. The highest BCUT2D eigenvalue weighted by atomic mass is 79.9. The summed E-state index contributed by atoms with van der Waals surface area (Å²) in [4.78, 5) is 30.5. The monoisotopic (exact) mass is 477 g/mol. The van der Waals surface area contributed by atoms with Gasteiger partial charge < -0.3 is 24.7 Å². The van der Waals surface area contributed by atoms with E-state index in [2.05, 4.69) is 26.2 Å². The van der Waals surface area contributed by atoms with Crippen molar-refractivity contribution in [2.75, 3.05) is 20.8 Å². The Bertz CT molecular complexity index is 868. The summed E-state index contributed by atoms with van der Waals surface area (Å²) in [6.45, 7) is 2.39. The number of aromatic amines is 1. The Morgan fingerprint density at radius 2 is 1.90 bits per heavy atom. The average Bonchev–Trinajstić information content (AvgIpc) is 3.27. The lowest BCUT2D eigenvalue weighted by Crippen LogP contribution is -2.55. The zero-order chi connectivity index (χ0) is 21.7. The van der Waals surface area contributed by atoms with Crippen LogP contribution in [-0.4, -0.2) is 54.8 Å². The van der Waals surface area contributed by atoms with Crippen molar-refractivity contribution in [3.63, 3.8) is 0 Å². The van der Waals surface area contributed by atoms with E-state index in [1.54, 1.807) is 6.92 Å². The van der Waals surface area contributed by atoms with Crippen LogP contribution in [-0.2, 0) is 14.3 Å². The summed E-state index contributed by atoms with van der Waals surface area (Å²) in [7, 11) is 2.80. The third kappa shape index (κ3) is 5.05. The number of halogens is 1. The minimum atomic E-state index is -0.816. The van der Waals surface area contributed by atoms with Crippen molar-refractivity contribution in [2.45, 2.75) is 44.4 Å². The number of nitrogens with one attached hydrogen (secondary N) is 2. The summed E-state index contributed by atoms with van der Waals surface area (Å²) in [5.74, 6) is -0.167. The van der Waals surface area contributed by atoms with E-state index in [1.165, 1.54) is 14.2 Å². The van der Waals surface area contributed by atoms with Gasteiger partial charge in [0.2, 0.25) is 5.91 Å². The highest BCUT2D eigenvalue weighted by Crippen LogP contribution is 2.33. The quantitative estimate of drug-likeness (QED) is 0.650. The molecule has 3 atom stereocenters. The predicted octanol–water partition coefficient (Wildman–Crippen LogP) is 4.26. The first-order valence-electron chi connectivity index (χ1n) is 10.1. The normalized spacial score (nSPS) is 18.5. The SMILES string of the molecule is COC(=O)N[C@H](C(=O)N1CCCC[C@H]1c1ccc(-c2ccc(Br)cc2)[nH]1)[C@@H](C)OC. The van der Waals surface area contributed by atoms with Crippen molar-refractivity contribution in [2.24, 2.45) is 0 Å². The van der Waals surface area contributed by atoms with E-state index < -0.39 is 18.2 Å². The van der Waals surface area contributed by atoms with Gasteiger partial charge in [0.1, 0.15) is 6.04 Å². The number of amides is 2. The Hall–Kier alpha value is -2.32. The second-order valence-corrected chi connectivity index (χ2v) is 8.35. The van der Waals surface area contributed by atoms with Crippen molar-refractivity contribution in [1.82, 2.24) is 15.2 Å².